The fraction of sp³-hybridized carbons (Fsp3) is 0.550. The van der Waals surface area contributed by atoms with Gasteiger partial charge in [-0.3, -0.25) is 14.5 Å². The number of aryl methyl sites for hydroxylation is 1. The molecular weight excluding hydrogens is 330 g/mol. The molecule has 1 fully saturated rings. The highest BCUT2D eigenvalue weighted by molar-refractivity contribution is 6.09. The van der Waals surface area contributed by atoms with Gasteiger partial charge in [0.15, 0.2) is 0 Å². The molecule has 1 heterocycles. The van der Waals surface area contributed by atoms with E-state index in [2.05, 4.69) is 24.5 Å². The van der Waals surface area contributed by atoms with Crippen LogP contribution in [0.4, 0.5) is 10.5 Å². The monoisotopic (exact) mass is 359 g/mol. The predicted octanol–water partition coefficient (Wildman–Crippen LogP) is 3.47. The first kappa shape index (κ1) is 19.9. The fourth-order valence-corrected chi connectivity index (χ4v) is 3.13. The highest BCUT2D eigenvalue weighted by Crippen LogP contribution is 2.24. The molecule has 6 heteroatoms. The normalized spacial score (nSPS) is 19.6. The van der Waals surface area contributed by atoms with Crippen LogP contribution in [0.25, 0.3) is 0 Å². The van der Waals surface area contributed by atoms with Crippen molar-refractivity contribution in [3.8, 4) is 0 Å². The van der Waals surface area contributed by atoms with Crippen LogP contribution in [0, 0.1) is 0 Å². The number of urea groups is 1. The van der Waals surface area contributed by atoms with Crippen LogP contribution in [-0.2, 0) is 16.0 Å². The van der Waals surface area contributed by atoms with Crippen LogP contribution in [0.5, 0.6) is 0 Å². The molecule has 4 amide bonds. The maximum absolute atomic E-state index is 12.6. The molecule has 142 valence electrons. The Kier molecular flexibility index (Phi) is 6.77. The third-order valence-electron chi connectivity index (χ3n) is 4.82. The van der Waals surface area contributed by atoms with Gasteiger partial charge in [0.05, 0.1) is 0 Å². The number of benzene rings is 1. The summed E-state index contributed by atoms with van der Waals surface area (Å²) >= 11 is 0. The lowest BCUT2D eigenvalue weighted by atomic mass is 9.94. The van der Waals surface area contributed by atoms with Crippen LogP contribution in [0.3, 0.4) is 0 Å². The molecule has 1 aliphatic heterocycles. The summed E-state index contributed by atoms with van der Waals surface area (Å²) < 4.78 is 0. The van der Waals surface area contributed by atoms with Crippen molar-refractivity contribution in [2.45, 2.75) is 64.8 Å². The summed E-state index contributed by atoms with van der Waals surface area (Å²) in [5.74, 6) is -0.705. The van der Waals surface area contributed by atoms with E-state index < -0.39 is 11.6 Å². The quantitative estimate of drug-likeness (QED) is 0.523. The van der Waals surface area contributed by atoms with E-state index in [1.165, 1.54) is 5.56 Å². The highest BCUT2D eigenvalue weighted by atomic mass is 16.2. The molecule has 0 spiro atoms. The minimum absolute atomic E-state index is 0.273. The maximum Gasteiger partial charge on any atom is 0.325 e. The van der Waals surface area contributed by atoms with Crippen LogP contribution < -0.4 is 10.6 Å². The Morgan fingerprint density at radius 1 is 1.12 bits per heavy atom. The van der Waals surface area contributed by atoms with Gasteiger partial charge in [-0.05, 0) is 37.5 Å². The molecule has 1 aliphatic rings. The van der Waals surface area contributed by atoms with Crippen molar-refractivity contribution in [1.29, 1.82) is 0 Å². The summed E-state index contributed by atoms with van der Waals surface area (Å²) in [6, 6.07) is 7.03. The summed E-state index contributed by atoms with van der Waals surface area (Å²) in [6.45, 7) is 5.65. The lowest BCUT2D eigenvalue weighted by Gasteiger charge is -2.21. The van der Waals surface area contributed by atoms with Crippen LogP contribution in [-0.4, -0.2) is 34.8 Å². The topological polar surface area (TPSA) is 78.5 Å². The Morgan fingerprint density at radius 3 is 2.42 bits per heavy atom. The van der Waals surface area contributed by atoms with Gasteiger partial charge >= 0.3 is 6.03 Å². The van der Waals surface area contributed by atoms with Gasteiger partial charge in [0.2, 0.25) is 5.91 Å². The van der Waals surface area contributed by atoms with E-state index in [4.69, 9.17) is 0 Å². The molecule has 0 unspecified atom stereocenters. The van der Waals surface area contributed by atoms with Crippen LogP contribution >= 0.6 is 0 Å². The van der Waals surface area contributed by atoms with E-state index in [0.717, 1.165) is 37.0 Å². The van der Waals surface area contributed by atoms with Gasteiger partial charge in [0.1, 0.15) is 12.1 Å². The van der Waals surface area contributed by atoms with E-state index in [1.807, 2.05) is 24.3 Å². The summed E-state index contributed by atoms with van der Waals surface area (Å²) in [4.78, 5) is 38.1. The zero-order valence-corrected chi connectivity index (χ0v) is 15.9. The first-order valence-electron chi connectivity index (χ1n) is 9.42. The Balaban J connectivity index is 1.92. The third kappa shape index (κ3) is 4.84. The molecule has 0 radical (unpaired) electrons. The van der Waals surface area contributed by atoms with Crippen LogP contribution in [0.2, 0.25) is 0 Å². The van der Waals surface area contributed by atoms with Gasteiger partial charge in [-0.2, -0.15) is 0 Å². The third-order valence-corrected chi connectivity index (χ3v) is 4.82. The molecule has 1 aromatic rings. The first-order valence-corrected chi connectivity index (χ1v) is 9.42. The second kappa shape index (κ2) is 8.83. The number of anilines is 1. The highest BCUT2D eigenvalue weighted by Gasteiger charge is 2.47. The summed E-state index contributed by atoms with van der Waals surface area (Å²) in [5.41, 5.74) is 0.922. The molecule has 0 saturated carbocycles. The van der Waals surface area contributed by atoms with Crippen molar-refractivity contribution in [3.05, 3.63) is 29.8 Å². The minimum Gasteiger partial charge on any atom is -0.325 e. The number of nitrogens with zero attached hydrogens (tertiary/aromatic N) is 1. The van der Waals surface area contributed by atoms with Gasteiger partial charge in [0.25, 0.3) is 5.91 Å². The largest absolute Gasteiger partial charge is 0.325 e. The van der Waals surface area contributed by atoms with E-state index in [-0.39, 0.29) is 18.4 Å². The van der Waals surface area contributed by atoms with Gasteiger partial charge < -0.3 is 10.6 Å². The molecule has 2 rings (SSSR count). The number of unbranched alkanes of at least 4 members (excludes halogenated alkanes) is 3. The number of hydrogen-bond acceptors (Lipinski definition) is 3. The zero-order chi connectivity index (χ0) is 19.2. The van der Waals surface area contributed by atoms with Crippen molar-refractivity contribution >= 4 is 23.5 Å². The molecule has 0 bridgehead atoms. The van der Waals surface area contributed by atoms with Crippen LogP contribution in [0.1, 0.15) is 58.4 Å². The van der Waals surface area contributed by atoms with Crippen molar-refractivity contribution in [2.24, 2.45) is 0 Å². The SMILES string of the molecule is CCCCCC[C@]1(C)NC(=O)N(CC(=O)Nc2ccc(CC)cc2)C1=O. The Bertz CT molecular complexity index is 657. The molecular formula is C20H29N3O3. The molecule has 2 N–H and O–H groups in total. The van der Waals surface area contributed by atoms with E-state index >= 15 is 0 Å². The first-order chi connectivity index (χ1) is 12.4. The average molecular weight is 359 g/mol. The maximum atomic E-state index is 12.6. The van der Waals surface area contributed by atoms with E-state index in [9.17, 15) is 14.4 Å². The minimum atomic E-state index is -0.909. The van der Waals surface area contributed by atoms with Gasteiger partial charge in [-0.25, -0.2) is 4.79 Å². The Labute approximate surface area is 155 Å². The standard InChI is InChI=1S/C20H29N3O3/c1-4-6-7-8-13-20(3)18(25)23(19(26)22-20)14-17(24)21-16-11-9-15(5-2)10-12-16/h9-12H,4-8,13-14H2,1-3H3,(H,21,24)(H,22,26)/t20-/m0/s1. The van der Waals surface area contributed by atoms with Crippen LogP contribution in [0.15, 0.2) is 24.3 Å². The molecule has 1 atom stereocenters. The second-order valence-electron chi connectivity index (χ2n) is 7.06. The van der Waals surface area contributed by atoms with Crippen molar-refractivity contribution < 1.29 is 14.4 Å². The van der Waals surface area contributed by atoms with Crippen molar-refractivity contribution in [3.63, 3.8) is 0 Å². The number of carbonyl (C=O) groups excluding carboxylic acids is 3. The number of amides is 4. The van der Waals surface area contributed by atoms with E-state index in [0.29, 0.717) is 12.1 Å². The summed E-state index contributed by atoms with van der Waals surface area (Å²) in [7, 11) is 0. The average Bonchev–Trinajstić information content (AvgIpc) is 2.83. The van der Waals surface area contributed by atoms with Gasteiger partial charge in [-0.1, -0.05) is 51.7 Å². The number of nitrogens with one attached hydrogen (secondary N) is 2. The molecule has 1 saturated heterocycles. The van der Waals surface area contributed by atoms with Gasteiger partial charge in [-0.15, -0.1) is 0 Å². The van der Waals surface area contributed by atoms with Crippen molar-refractivity contribution in [1.82, 2.24) is 10.2 Å². The molecule has 0 aliphatic carbocycles. The molecule has 1 aromatic carbocycles. The lowest BCUT2D eigenvalue weighted by molar-refractivity contribution is -0.133. The lowest BCUT2D eigenvalue weighted by Crippen LogP contribution is -2.44. The van der Waals surface area contributed by atoms with Gasteiger partial charge in [0, 0.05) is 5.69 Å². The zero-order valence-electron chi connectivity index (χ0n) is 15.9. The summed E-state index contributed by atoms with van der Waals surface area (Å²) in [6.07, 6.45) is 5.65. The molecule has 6 nitrogen and oxygen atoms in total. The molecule has 26 heavy (non-hydrogen) atoms. The second-order valence-corrected chi connectivity index (χ2v) is 7.06. The Hall–Kier alpha value is -2.37. The predicted molar refractivity (Wildman–Crippen MR) is 102 cm³/mol. The number of hydrogen-bond donors (Lipinski definition) is 2. The number of carbonyl (C=O) groups is 3. The molecule has 0 aromatic heterocycles. The number of rotatable bonds is 9. The summed E-state index contributed by atoms with van der Waals surface area (Å²) in [5, 5.41) is 5.48. The Morgan fingerprint density at radius 2 is 1.81 bits per heavy atom. The smallest absolute Gasteiger partial charge is 0.325 e. The van der Waals surface area contributed by atoms with Crippen molar-refractivity contribution in [2.75, 3.05) is 11.9 Å². The van der Waals surface area contributed by atoms with E-state index in [1.54, 1.807) is 6.92 Å². The number of imide groups is 1. The fourth-order valence-electron chi connectivity index (χ4n) is 3.13.